The second-order valence-electron chi connectivity index (χ2n) is 1.46. The number of alkyl halides is 2. The predicted molar refractivity (Wildman–Crippen MR) is 35.2 cm³/mol. The van der Waals surface area contributed by atoms with E-state index >= 15 is 0 Å². The molecule has 0 aromatic carbocycles. The molecule has 0 saturated heterocycles. The Labute approximate surface area is 57.8 Å². The van der Waals surface area contributed by atoms with Gasteiger partial charge in [-0.1, -0.05) is 0 Å². The van der Waals surface area contributed by atoms with E-state index in [4.69, 9.17) is 0 Å². The van der Waals surface area contributed by atoms with E-state index in [9.17, 15) is 8.78 Å². The number of hydrogen-bond acceptors (Lipinski definition) is 2. The van der Waals surface area contributed by atoms with Crippen molar-refractivity contribution in [3.8, 4) is 0 Å². The lowest BCUT2D eigenvalue weighted by Crippen LogP contribution is -2.06. The Morgan fingerprint density at radius 2 is 2.22 bits per heavy atom. The van der Waals surface area contributed by atoms with Gasteiger partial charge in [0.15, 0.2) is 0 Å². The topological polar surface area (TPSA) is 9.23 Å². The Kier molecular flexibility index (Phi) is 6.41. The van der Waals surface area contributed by atoms with Crippen molar-refractivity contribution in [3.05, 3.63) is 0 Å². The maximum atomic E-state index is 11.3. The Morgan fingerprint density at radius 1 is 1.56 bits per heavy atom. The Bertz CT molecular complexity index is 60.9. The highest BCUT2D eigenvalue weighted by Crippen LogP contribution is 1.94. The van der Waals surface area contributed by atoms with Gasteiger partial charge in [-0.2, -0.15) is 11.8 Å². The van der Waals surface area contributed by atoms with Gasteiger partial charge in [0, 0.05) is 5.75 Å². The van der Waals surface area contributed by atoms with Crippen LogP contribution in [-0.4, -0.2) is 31.6 Å². The lowest BCUT2D eigenvalue weighted by Gasteiger charge is -1.99. The molecule has 0 N–H and O–H groups in total. The van der Waals surface area contributed by atoms with Crippen LogP contribution < -0.4 is 0 Å². The minimum atomic E-state index is -2.33. The highest BCUT2D eigenvalue weighted by molar-refractivity contribution is 7.98. The number of hydrogen-bond donors (Lipinski definition) is 0. The van der Waals surface area contributed by atoms with Crippen LogP contribution in [0.5, 0.6) is 0 Å². The molecule has 0 aromatic heterocycles. The smallest absolute Gasteiger partial charge is 0.261 e. The molecule has 0 radical (unpaired) electrons. The molecule has 1 nitrogen and oxygen atoms in total. The highest BCUT2D eigenvalue weighted by atomic mass is 32.2. The van der Waals surface area contributed by atoms with Crippen LogP contribution in [0, 0.1) is 0 Å². The van der Waals surface area contributed by atoms with E-state index in [1.807, 2.05) is 6.26 Å². The van der Waals surface area contributed by atoms with Gasteiger partial charge in [0.2, 0.25) is 0 Å². The molecule has 0 aliphatic rings. The van der Waals surface area contributed by atoms with E-state index < -0.39 is 13.0 Å². The van der Waals surface area contributed by atoms with Crippen LogP contribution in [0.2, 0.25) is 0 Å². The zero-order valence-corrected chi connectivity index (χ0v) is 6.09. The standard InChI is InChI=1S/C5H10F2OS/c1-9-3-2-8-4-5(6)7/h5H,2-4H2,1H3. The van der Waals surface area contributed by atoms with Crippen molar-refractivity contribution >= 4 is 11.8 Å². The quantitative estimate of drug-likeness (QED) is 0.559. The van der Waals surface area contributed by atoms with Crippen molar-refractivity contribution in [3.63, 3.8) is 0 Å². The number of ether oxygens (including phenoxy) is 1. The summed E-state index contributed by atoms with van der Waals surface area (Å²) in [5, 5.41) is 0. The van der Waals surface area contributed by atoms with Crippen LogP contribution in [-0.2, 0) is 4.74 Å². The molecule has 0 amide bonds. The van der Waals surface area contributed by atoms with Gasteiger partial charge >= 0.3 is 0 Å². The summed E-state index contributed by atoms with van der Waals surface area (Å²) in [4.78, 5) is 0. The summed E-state index contributed by atoms with van der Waals surface area (Å²) in [6.07, 6.45) is -0.419. The van der Waals surface area contributed by atoms with E-state index in [0.717, 1.165) is 5.75 Å². The Hall–Kier alpha value is 0.170. The first kappa shape index (κ1) is 9.17. The lowest BCUT2D eigenvalue weighted by molar-refractivity contribution is 0.0237. The van der Waals surface area contributed by atoms with Gasteiger partial charge in [-0.15, -0.1) is 0 Å². The fourth-order valence-corrected chi connectivity index (χ4v) is 0.599. The average Bonchev–Trinajstić information content (AvgIpc) is 1.80. The predicted octanol–water partition coefficient (Wildman–Crippen LogP) is 1.63. The molecular weight excluding hydrogens is 146 g/mol. The monoisotopic (exact) mass is 156 g/mol. The van der Waals surface area contributed by atoms with Gasteiger partial charge in [-0.3, -0.25) is 0 Å². The van der Waals surface area contributed by atoms with E-state index in [1.165, 1.54) is 0 Å². The van der Waals surface area contributed by atoms with Crippen molar-refractivity contribution in [1.29, 1.82) is 0 Å². The SMILES string of the molecule is CSCCOCC(F)F. The van der Waals surface area contributed by atoms with Crippen molar-refractivity contribution in [2.75, 3.05) is 25.2 Å². The van der Waals surface area contributed by atoms with Crippen LogP contribution in [0.15, 0.2) is 0 Å². The third kappa shape index (κ3) is 8.17. The van der Waals surface area contributed by atoms with Crippen LogP contribution >= 0.6 is 11.8 Å². The Balaban J connectivity index is 2.75. The summed E-state index contributed by atoms with van der Waals surface area (Å²) >= 11 is 1.58. The van der Waals surface area contributed by atoms with Gasteiger partial charge in [-0.25, -0.2) is 8.78 Å². The highest BCUT2D eigenvalue weighted by Gasteiger charge is 1.99. The number of halogens is 2. The third-order valence-electron chi connectivity index (χ3n) is 0.676. The summed E-state index contributed by atoms with van der Waals surface area (Å²) < 4.78 is 27.2. The second kappa shape index (κ2) is 6.29. The molecule has 4 heteroatoms. The van der Waals surface area contributed by atoms with Gasteiger partial charge in [-0.05, 0) is 6.26 Å². The van der Waals surface area contributed by atoms with Crippen LogP contribution in [0.3, 0.4) is 0 Å². The summed E-state index contributed by atoms with van der Waals surface area (Å²) in [6, 6.07) is 0. The molecule has 0 rings (SSSR count). The van der Waals surface area contributed by atoms with Crippen molar-refractivity contribution < 1.29 is 13.5 Å². The average molecular weight is 156 g/mol. The molecule has 0 heterocycles. The van der Waals surface area contributed by atoms with Crippen LogP contribution in [0.25, 0.3) is 0 Å². The number of thioether (sulfide) groups is 1. The van der Waals surface area contributed by atoms with Crippen LogP contribution in [0.1, 0.15) is 0 Å². The molecule has 0 unspecified atom stereocenters. The lowest BCUT2D eigenvalue weighted by atomic mass is 10.7. The number of rotatable bonds is 5. The zero-order valence-electron chi connectivity index (χ0n) is 5.27. The largest absolute Gasteiger partial charge is 0.375 e. The first-order chi connectivity index (χ1) is 4.27. The first-order valence-electron chi connectivity index (χ1n) is 2.62. The van der Waals surface area contributed by atoms with E-state index in [-0.39, 0.29) is 0 Å². The fourth-order valence-electron chi connectivity index (χ4n) is 0.315. The second-order valence-corrected chi connectivity index (χ2v) is 2.44. The molecular formula is C5H10F2OS. The summed E-state index contributed by atoms with van der Waals surface area (Å²) in [7, 11) is 0. The van der Waals surface area contributed by atoms with Gasteiger partial charge in [0.05, 0.1) is 6.61 Å². The maximum Gasteiger partial charge on any atom is 0.261 e. The Morgan fingerprint density at radius 3 is 2.67 bits per heavy atom. The van der Waals surface area contributed by atoms with Gasteiger partial charge < -0.3 is 4.74 Å². The zero-order chi connectivity index (χ0) is 7.11. The summed E-state index contributed by atoms with van der Waals surface area (Å²) in [6.45, 7) is -0.00787. The molecule has 0 fully saturated rings. The van der Waals surface area contributed by atoms with Crippen molar-refractivity contribution in [2.24, 2.45) is 0 Å². The van der Waals surface area contributed by atoms with E-state index in [2.05, 4.69) is 4.74 Å². The summed E-state index contributed by atoms with van der Waals surface area (Å²) in [5.41, 5.74) is 0. The molecule has 9 heavy (non-hydrogen) atoms. The molecule has 56 valence electrons. The molecule has 0 aromatic rings. The summed E-state index contributed by atoms with van der Waals surface area (Å²) in [5.74, 6) is 0.784. The van der Waals surface area contributed by atoms with Gasteiger partial charge in [0.1, 0.15) is 6.61 Å². The minimum Gasteiger partial charge on any atom is -0.375 e. The van der Waals surface area contributed by atoms with Gasteiger partial charge in [0.25, 0.3) is 6.43 Å². The van der Waals surface area contributed by atoms with Crippen molar-refractivity contribution in [1.82, 2.24) is 0 Å². The van der Waals surface area contributed by atoms with Crippen molar-refractivity contribution in [2.45, 2.75) is 6.43 Å². The third-order valence-corrected chi connectivity index (χ3v) is 1.25. The molecule has 0 aliphatic carbocycles. The van der Waals surface area contributed by atoms with Crippen LogP contribution in [0.4, 0.5) is 8.78 Å². The minimum absolute atomic E-state index is 0.422. The molecule has 0 aliphatic heterocycles. The molecule has 0 bridgehead atoms. The molecule has 0 saturated carbocycles. The van der Waals surface area contributed by atoms with E-state index in [0.29, 0.717) is 6.61 Å². The first-order valence-corrected chi connectivity index (χ1v) is 4.01. The fraction of sp³-hybridized carbons (Fsp3) is 1.00. The normalized spacial score (nSPS) is 10.7. The van der Waals surface area contributed by atoms with E-state index in [1.54, 1.807) is 11.8 Å². The molecule has 0 spiro atoms. The molecule has 0 atom stereocenters. The maximum absolute atomic E-state index is 11.3.